The molecule has 11 heteroatoms. The predicted molar refractivity (Wildman–Crippen MR) is 129 cm³/mol. The van der Waals surface area contributed by atoms with Gasteiger partial charge in [-0.25, -0.2) is 4.79 Å². The molecule has 2 aromatic rings. The number of aromatic nitrogens is 2. The van der Waals surface area contributed by atoms with Crippen LogP contribution in [-0.4, -0.2) is 45.7 Å². The maximum absolute atomic E-state index is 12.8. The average molecular weight is 519 g/mol. The largest absolute Gasteiger partial charge is 0.416 e. The van der Waals surface area contributed by atoms with Gasteiger partial charge in [0, 0.05) is 55.3 Å². The number of likely N-dealkylation sites (tertiary alicyclic amines) is 1. The van der Waals surface area contributed by atoms with E-state index in [2.05, 4.69) is 20.2 Å². The number of carbonyl (C=O) groups is 2. The van der Waals surface area contributed by atoms with E-state index < -0.39 is 23.3 Å². The smallest absolute Gasteiger partial charge is 0.326 e. The first-order chi connectivity index (χ1) is 17.6. The second-order valence-corrected chi connectivity index (χ2v) is 10.4. The molecule has 0 spiro atoms. The van der Waals surface area contributed by atoms with Crippen molar-refractivity contribution in [1.29, 1.82) is 0 Å². The molecule has 3 N–H and O–H groups in total. The van der Waals surface area contributed by atoms with Crippen LogP contribution in [0.25, 0.3) is 0 Å². The SMILES string of the molecule is O=C(CCC(=O)C1[C@H]2CN(C3CCC(c4c[nH]c(=O)[nH]c4=O)CC3)C[C@@H]12)Nc1cccc(C(F)(F)F)c1. The number of alkyl halides is 3. The minimum atomic E-state index is -4.49. The third kappa shape index (κ3) is 5.56. The number of carbonyl (C=O) groups excluding carboxylic acids is 2. The highest BCUT2D eigenvalue weighted by Crippen LogP contribution is 2.54. The van der Waals surface area contributed by atoms with E-state index in [0.717, 1.165) is 50.9 Å². The van der Waals surface area contributed by atoms with Crippen molar-refractivity contribution >= 4 is 17.4 Å². The van der Waals surface area contributed by atoms with E-state index in [1.165, 1.54) is 18.3 Å². The molecule has 1 aromatic carbocycles. The molecule has 37 heavy (non-hydrogen) atoms. The molecule has 1 aromatic heterocycles. The maximum Gasteiger partial charge on any atom is 0.416 e. The van der Waals surface area contributed by atoms with E-state index in [1.54, 1.807) is 0 Å². The lowest BCUT2D eigenvalue weighted by Crippen LogP contribution is -2.39. The zero-order chi connectivity index (χ0) is 26.3. The Labute approximate surface area is 210 Å². The van der Waals surface area contributed by atoms with Gasteiger partial charge >= 0.3 is 11.9 Å². The minimum Gasteiger partial charge on any atom is -0.326 e. The summed E-state index contributed by atoms with van der Waals surface area (Å²) in [4.78, 5) is 55.5. The molecule has 1 aliphatic heterocycles. The topological polar surface area (TPSA) is 115 Å². The molecule has 0 bridgehead atoms. The number of aromatic amines is 2. The fraction of sp³-hybridized carbons (Fsp3) is 0.538. The number of benzene rings is 1. The summed E-state index contributed by atoms with van der Waals surface area (Å²) in [5, 5.41) is 2.45. The maximum atomic E-state index is 12.8. The molecule has 3 fully saturated rings. The molecule has 198 valence electrons. The highest BCUT2D eigenvalue weighted by molar-refractivity contribution is 5.94. The van der Waals surface area contributed by atoms with Crippen LogP contribution in [0, 0.1) is 17.8 Å². The number of hydrogen-bond acceptors (Lipinski definition) is 5. The summed E-state index contributed by atoms with van der Waals surface area (Å²) in [6.45, 7) is 1.71. The third-order valence-electron chi connectivity index (χ3n) is 8.17. The summed E-state index contributed by atoms with van der Waals surface area (Å²) in [6, 6.07) is 4.86. The second-order valence-electron chi connectivity index (χ2n) is 10.4. The Morgan fingerprint density at radius 1 is 1.03 bits per heavy atom. The van der Waals surface area contributed by atoms with Gasteiger partial charge < -0.3 is 10.3 Å². The van der Waals surface area contributed by atoms with Crippen LogP contribution in [0.15, 0.2) is 40.1 Å². The van der Waals surface area contributed by atoms with Crippen LogP contribution < -0.4 is 16.6 Å². The predicted octanol–water partition coefficient (Wildman–Crippen LogP) is 3.27. The van der Waals surface area contributed by atoms with Crippen molar-refractivity contribution in [3.8, 4) is 0 Å². The number of halogens is 3. The zero-order valence-electron chi connectivity index (χ0n) is 20.1. The van der Waals surface area contributed by atoms with E-state index in [9.17, 15) is 32.3 Å². The Hall–Kier alpha value is -3.21. The lowest BCUT2D eigenvalue weighted by atomic mass is 9.82. The molecule has 1 saturated heterocycles. The van der Waals surface area contributed by atoms with Crippen LogP contribution in [0.3, 0.4) is 0 Å². The summed E-state index contributed by atoms with van der Waals surface area (Å²) in [5.74, 6) is 0.282. The molecular formula is C26H29F3N4O4. The Bertz CT molecular complexity index is 1280. The van der Waals surface area contributed by atoms with Crippen molar-refractivity contribution in [2.45, 2.75) is 56.7 Å². The highest BCUT2D eigenvalue weighted by Gasteiger charge is 2.59. The van der Waals surface area contributed by atoms with Gasteiger partial charge in [0.1, 0.15) is 5.78 Å². The summed E-state index contributed by atoms with van der Waals surface area (Å²) in [6.07, 6.45) is 0.714. The first-order valence-corrected chi connectivity index (χ1v) is 12.7. The van der Waals surface area contributed by atoms with Gasteiger partial charge in [-0.15, -0.1) is 0 Å². The van der Waals surface area contributed by atoms with Crippen molar-refractivity contribution < 1.29 is 22.8 Å². The number of H-pyrrole nitrogens is 2. The number of piperidine rings is 1. The Morgan fingerprint density at radius 2 is 1.73 bits per heavy atom. The number of nitrogens with one attached hydrogen (secondary N) is 3. The average Bonchev–Trinajstić information content (AvgIpc) is 3.35. The van der Waals surface area contributed by atoms with Gasteiger partial charge in [0.05, 0.1) is 5.56 Å². The van der Waals surface area contributed by atoms with Gasteiger partial charge in [-0.3, -0.25) is 24.3 Å². The van der Waals surface area contributed by atoms with Crippen molar-refractivity contribution in [3.63, 3.8) is 0 Å². The molecule has 2 aliphatic carbocycles. The number of amides is 1. The van der Waals surface area contributed by atoms with Gasteiger partial charge in [0.25, 0.3) is 5.56 Å². The Balaban J connectivity index is 1.04. The number of fused-ring (bicyclic) bond motifs is 1. The van der Waals surface area contributed by atoms with E-state index in [1.807, 2.05) is 0 Å². The molecule has 3 atom stereocenters. The van der Waals surface area contributed by atoms with Crippen LogP contribution in [-0.2, 0) is 15.8 Å². The van der Waals surface area contributed by atoms with Crippen molar-refractivity contribution in [3.05, 3.63) is 62.4 Å². The van der Waals surface area contributed by atoms with E-state index in [4.69, 9.17) is 0 Å². The first-order valence-electron chi connectivity index (χ1n) is 12.7. The lowest BCUT2D eigenvalue weighted by Gasteiger charge is -2.35. The van der Waals surface area contributed by atoms with Crippen molar-refractivity contribution in [2.24, 2.45) is 17.8 Å². The number of rotatable bonds is 7. The fourth-order valence-electron chi connectivity index (χ4n) is 6.21. The molecule has 5 rings (SSSR count). The Kier molecular flexibility index (Phi) is 6.82. The van der Waals surface area contributed by atoms with Crippen LogP contribution in [0.4, 0.5) is 18.9 Å². The highest BCUT2D eigenvalue weighted by atomic mass is 19.4. The van der Waals surface area contributed by atoms with E-state index >= 15 is 0 Å². The lowest BCUT2D eigenvalue weighted by molar-refractivity contribution is -0.137. The van der Waals surface area contributed by atoms with Crippen LogP contribution in [0.5, 0.6) is 0 Å². The second kappa shape index (κ2) is 9.92. The molecule has 2 heterocycles. The van der Waals surface area contributed by atoms with Crippen LogP contribution in [0.1, 0.15) is 55.6 Å². The van der Waals surface area contributed by atoms with Gasteiger partial charge in [0.2, 0.25) is 5.91 Å². The van der Waals surface area contributed by atoms with Gasteiger partial charge in [0.15, 0.2) is 0 Å². The van der Waals surface area contributed by atoms with E-state index in [0.29, 0.717) is 23.4 Å². The molecule has 1 amide bonds. The van der Waals surface area contributed by atoms with Crippen molar-refractivity contribution in [2.75, 3.05) is 18.4 Å². The number of Topliss-reactive ketones (excluding diaryl/α,β-unsaturated/α-hetero) is 1. The molecule has 2 saturated carbocycles. The van der Waals surface area contributed by atoms with Crippen LogP contribution >= 0.6 is 0 Å². The van der Waals surface area contributed by atoms with Gasteiger partial charge in [-0.2, -0.15) is 13.2 Å². The Morgan fingerprint density at radius 3 is 2.38 bits per heavy atom. The number of ketones is 1. The molecule has 1 unspecified atom stereocenters. The number of hydrogen-bond donors (Lipinski definition) is 3. The molecule has 8 nitrogen and oxygen atoms in total. The molecule has 3 aliphatic rings. The van der Waals surface area contributed by atoms with Crippen molar-refractivity contribution in [1.82, 2.24) is 14.9 Å². The van der Waals surface area contributed by atoms with Gasteiger partial charge in [-0.05, 0) is 61.6 Å². The van der Waals surface area contributed by atoms with E-state index in [-0.39, 0.29) is 41.7 Å². The zero-order valence-corrected chi connectivity index (χ0v) is 20.1. The summed E-state index contributed by atoms with van der Waals surface area (Å²) in [7, 11) is 0. The fourth-order valence-corrected chi connectivity index (χ4v) is 6.21. The molecule has 0 radical (unpaired) electrons. The standard InChI is InChI=1S/C26H29F3N4O4/c27-26(28,29)15-2-1-3-16(10-15)31-22(35)9-8-21(34)23-19-12-33(13-20(19)23)17-6-4-14(5-7-17)18-11-30-25(37)32-24(18)36/h1-3,10-11,14,17,19-20,23H,4-9,12-13H2,(H,31,35)(H2,30,32,36,37)/t14?,17?,19-,20+,23?. The number of nitrogens with zero attached hydrogens (tertiary/aromatic N) is 1. The number of anilines is 1. The summed E-state index contributed by atoms with van der Waals surface area (Å²) in [5.41, 5.74) is -0.967. The minimum absolute atomic E-state index is 0.0337. The molecular weight excluding hydrogens is 489 g/mol. The summed E-state index contributed by atoms with van der Waals surface area (Å²) < 4.78 is 38.5. The van der Waals surface area contributed by atoms with Crippen LogP contribution in [0.2, 0.25) is 0 Å². The van der Waals surface area contributed by atoms with Gasteiger partial charge in [-0.1, -0.05) is 6.07 Å². The first kappa shape index (κ1) is 25.4. The summed E-state index contributed by atoms with van der Waals surface area (Å²) >= 11 is 0. The quantitative estimate of drug-likeness (QED) is 0.521. The third-order valence-corrected chi connectivity index (χ3v) is 8.17. The normalized spacial score (nSPS) is 27.5. The monoisotopic (exact) mass is 518 g/mol.